The lowest BCUT2D eigenvalue weighted by atomic mass is 9.56. The Hall–Kier alpha value is -1.92. The molecule has 23 heavy (non-hydrogen) atoms. The molecule has 1 heterocycles. The summed E-state index contributed by atoms with van der Waals surface area (Å²) < 4.78 is 0. The van der Waals surface area contributed by atoms with Gasteiger partial charge in [-0.05, 0) is 47.8 Å². The quantitative estimate of drug-likeness (QED) is 0.795. The van der Waals surface area contributed by atoms with Gasteiger partial charge in [-0.3, -0.25) is 4.79 Å². The molecule has 5 rings (SSSR count). The van der Waals surface area contributed by atoms with Crippen LogP contribution >= 0.6 is 11.3 Å². The number of fused-ring (bicyclic) bond motifs is 2. The summed E-state index contributed by atoms with van der Waals surface area (Å²) in [7, 11) is 0. The average Bonchev–Trinajstić information content (AvgIpc) is 3.26. The standard InChI is InChI=1S/C20H17NOS/c21-11-16-19(22)13-10-20(16)14-5-2-1-4-12(14)7-8-15(20)18(13)17-6-3-9-23-17/h1-6,9,13,15-16,18H,7-8,10H2/t13-,15?,16?,18-,20-/m1/s1. The minimum atomic E-state index is -0.449. The maximum absolute atomic E-state index is 12.9. The van der Waals surface area contributed by atoms with Gasteiger partial charge in [0.25, 0.3) is 0 Å². The van der Waals surface area contributed by atoms with Gasteiger partial charge in [-0.1, -0.05) is 30.3 Å². The molecule has 2 saturated carbocycles. The van der Waals surface area contributed by atoms with Crippen LogP contribution in [0.15, 0.2) is 41.8 Å². The van der Waals surface area contributed by atoms with Crippen LogP contribution in [0.4, 0.5) is 0 Å². The number of hydrogen-bond acceptors (Lipinski definition) is 3. The first-order valence-corrected chi connectivity index (χ1v) is 9.20. The van der Waals surface area contributed by atoms with Crippen molar-refractivity contribution in [2.75, 3.05) is 0 Å². The molecule has 1 spiro atoms. The van der Waals surface area contributed by atoms with Crippen LogP contribution in [0.25, 0.3) is 0 Å². The van der Waals surface area contributed by atoms with Gasteiger partial charge < -0.3 is 0 Å². The molecule has 2 nitrogen and oxygen atoms in total. The van der Waals surface area contributed by atoms with Crippen molar-refractivity contribution in [2.24, 2.45) is 17.8 Å². The molecule has 0 radical (unpaired) electrons. The second-order valence-electron chi connectivity index (χ2n) is 7.16. The maximum Gasteiger partial charge on any atom is 0.154 e. The van der Waals surface area contributed by atoms with Crippen molar-refractivity contribution in [1.29, 1.82) is 5.26 Å². The fourth-order valence-corrected chi connectivity index (χ4v) is 6.74. The highest BCUT2D eigenvalue weighted by Crippen LogP contribution is 2.68. The van der Waals surface area contributed by atoms with Crippen molar-refractivity contribution < 1.29 is 4.79 Å². The van der Waals surface area contributed by atoms with E-state index in [0.29, 0.717) is 11.8 Å². The van der Waals surface area contributed by atoms with Crippen molar-refractivity contribution in [3.63, 3.8) is 0 Å². The van der Waals surface area contributed by atoms with Crippen LogP contribution in [0.1, 0.15) is 34.8 Å². The molecule has 1 aromatic carbocycles. The highest BCUT2D eigenvalue weighted by atomic mass is 32.1. The molecule has 114 valence electrons. The normalized spacial score (nSPS) is 37.3. The van der Waals surface area contributed by atoms with Gasteiger partial charge in [-0.2, -0.15) is 5.26 Å². The van der Waals surface area contributed by atoms with E-state index in [0.717, 1.165) is 19.3 Å². The molecule has 2 unspecified atom stereocenters. The van der Waals surface area contributed by atoms with Gasteiger partial charge in [0.1, 0.15) is 5.92 Å². The van der Waals surface area contributed by atoms with Gasteiger partial charge in [0, 0.05) is 22.1 Å². The van der Waals surface area contributed by atoms with E-state index in [4.69, 9.17) is 0 Å². The van der Waals surface area contributed by atoms with Crippen LogP contribution in [0.2, 0.25) is 0 Å². The molecule has 0 saturated heterocycles. The molecular weight excluding hydrogens is 302 g/mol. The van der Waals surface area contributed by atoms with Crippen molar-refractivity contribution >= 4 is 17.1 Å². The van der Waals surface area contributed by atoms with E-state index in [-0.39, 0.29) is 17.1 Å². The van der Waals surface area contributed by atoms with Crippen LogP contribution in [0.5, 0.6) is 0 Å². The van der Waals surface area contributed by atoms with E-state index in [1.165, 1.54) is 16.0 Å². The smallest absolute Gasteiger partial charge is 0.154 e. The topological polar surface area (TPSA) is 40.9 Å². The zero-order chi connectivity index (χ0) is 15.6. The summed E-state index contributed by atoms with van der Waals surface area (Å²) in [5.41, 5.74) is 2.40. The Bertz CT molecular complexity index is 834. The molecule has 0 amide bonds. The molecule has 3 heteroatoms. The third-order valence-electron chi connectivity index (χ3n) is 6.50. The number of thiophene rings is 1. The summed E-state index contributed by atoms with van der Waals surface area (Å²) in [6.45, 7) is 0. The summed E-state index contributed by atoms with van der Waals surface area (Å²) in [6, 6.07) is 15.2. The van der Waals surface area contributed by atoms with Crippen LogP contribution in [0.3, 0.4) is 0 Å². The number of nitriles is 1. The molecule has 2 bridgehead atoms. The van der Waals surface area contributed by atoms with Crippen LogP contribution in [-0.4, -0.2) is 5.78 Å². The predicted octanol–water partition coefficient (Wildman–Crippen LogP) is 4.07. The first-order chi connectivity index (χ1) is 11.3. The molecule has 3 aliphatic carbocycles. The first-order valence-electron chi connectivity index (χ1n) is 8.32. The average molecular weight is 319 g/mol. The molecule has 2 fully saturated rings. The van der Waals surface area contributed by atoms with Gasteiger partial charge in [-0.25, -0.2) is 0 Å². The summed E-state index contributed by atoms with van der Waals surface area (Å²) in [5, 5.41) is 11.9. The number of carbonyl (C=O) groups is 1. The van der Waals surface area contributed by atoms with Crippen LogP contribution < -0.4 is 0 Å². The second kappa shape index (κ2) is 4.55. The third kappa shape index (κ3) is 1.50. The number of aryl methyl sites for hydroxylation is 1. The lowest BCUT2D eigenvalue weighted by molar-refractivity contribution is -0.126. The predicted molar refractivity (Wildman–Crippen MR) is 89.2 cm³/mol. The highest BCUT2D eigenvalue weighted by Gasteiger charge is 2.69. The second-order valence-corrected chi connectivity index (χ2v) is 8.14. The Morgan fingerprint density at radius 1 is 1.22 bits per heavy atom. The largest absolute Gasteiger partial charge is 0.298 e. The minimum absolute atomic E-state index is 0.0365. The molecule has 5 atom stereocenters. The fraction of sp³-hybridized carbons (Fsp3) is 0.400. The SMILES string of the molecule is N#CC1C(=O)[C@@H]2C[C@]13c1ccccc1CCC3[C@@H]2c1cccs1. The van der Waals surface area contributed by atoms with Crippen molar-refractivity contribution in [3.05, 3.63) is 57.8 Å². The van der Waals surface area contributed by atoms with Gasteiger partial charge in [-0.15, -0.1) is 11.3 Å². The van der Waals surface area contributed by atoms with Gasteiger partial charge in [0.15, 0.2) is 5.78 Å². The van der Waals surface area contributed by atoms with Gasteiger partial charge >= 0.3 is 0 Å². The number of hydrogen-bond donors (Lipinski definition) is 0. The van der Waals surface area contributed by atoms with E-state index in [1.54, 1.807) is 11.3 Å². The number of benzene rings is 1. The summed E-state index contributed by atoms with van der Waals surface area (Å²) in [6.07, 6.45) is 3.04. The number of rotatable bonds is 1. The summed E-state index contributed by atoms with van der Waals surface area (Å²) >= 11 is 1.77. The number of Topliss-reactive ketones (excluding diaryl/α,β-unsaturated/α-hetero) is 1. The maximum atomic E-state index is 12.9. The molecule has 0 N–H and O–H groups in total. The molecule has 1 aromatic heterocycles. The lowest BCUT2D eigenvalue weighted by Crippen LogP contribution is -2.46. The van der Waals surface area contributed by atoms with E-state index < -0.39 is 5.92 Å². The first kappa shape index (κ1) is 13.5. The van der Waals surface area contributed by atoms with E-state index >= 15 is 0 Å². The van der Waals surface area contributed by atoms with Crippen LogP contribution in [-0.2, 0) is 16.6 Å². The highest BCUT2D eigenvalue weighted by molar-refractivity contribution is 7.10. The third-order valence-corrected chi connectivity index (χ3v) is 7.47. The minimum Gasteiger partial charge on any atom is -0.298 e. The number of ketones is 1. The zero-order valence-corrected chi connectivity index (χ0v) is 13.6. The van der Waals surface area contributed by atoms with E-state index in [9.17, 15) is 10.1 Å². The molecule has 0 aliphatic heterocycles. The van der Waals surface area contributed by atoms with Crippen molar-refractivity contribution in [3.8, 4) is 6.07 Å². The molecule has 2 aromatic rings. The Morgan fingerprint density at radius 2 is 2.09 bits per heavy atom. The van der Waals surface area contributed by atoms with Crippen LogP contribution in [0, 0.1) is 29.1 Å². The fourth-order valence-electron chi connectivity index (χ4n) is 5.78. The zero-order valence-electron chi connectivity index (χ0n) is 12.7. The molecule has 3 aliphatic rings. The Labute approximate surface area is 139 Å². The molecular formula is C20H17NOS. The number of nitrogens with zero attached hydrogens (tertiary/aromatic N) is 1. The van der Waals surface area contributed by atoms with E-state index in [1.807, 2.05) is 0 Å². The summed E-state index contributed by atoms with van der Waals surface area (Å²) in [4.78, 5) is 14.3. The lowest BCUT2D eigenvalue weighted by Gasteiger charge is -2.45. The monoisotopic (exact) mass is 319 g/mol. The van der Waals surface area contributed by atoms with E-state index in [2.05, 4.69) is 47.8 Å². The Kier molecular flexibility index (Phi) is 2.67. The summed E-state index contributed by atoms with van der Waals surface area (Å²) in [5.74, 6) is 0.535. The van der Waals surface area contributed by atoms with Gasteiger partial charge in [0.2, 0.25) is 0 Å². The number of carbonyl (C=O) groups excluding carboxylic acids is 1. The van der Waals surface area contributed by atoms with Gasteiger partial charge in [0.05, 0.1) is 6.07 Å². The Balaban J connectivity index is 1.75. The Morgan fingerprint density at radius 3 is 2.87 bits per heavy atom. The van der Waals surface area contributed by atoms with Crippen molar-refractivity contribution in [1.82, 2.24) is 0 Å². The van der Waals surface area contributed by atoms with Crippen molar-refractivity contribution in [2.45, 2.75) is 30.6 Å².